The van der Waals surface area contributed by atoms with E-state index in [4.69, 9.17) is 9.47 Å². The second-order valence-electron chi connectivity index (χ2n) is 4.44. The minimum Gasteiger partial charge on any atom is -0.390 e. The van der Waals surface area contributed by atoms with Gasteiger partial charge < -0.3 is 24.8 Å². The molecular weight excluding hydrogens is 236 g/mol. The average Bonchev–Trinajstić information content (AvgIpc) is 2.37. The summed E-state index contributed by atoms with van der Waals surface area (Å²) in [5.74, 6) is 0. The molecule has 0 spiro atoms. The molecule has 0 aliphatic carbocycles. The molecule has 2 rings (SSSR count). The average molecular weight is 254 g/mol. The first-order valence-electron chi connectivity index (χ1n) is 5.98. The lowest BCUT2D eigenvalue weighted by Crippen LogP contribution is -2.49. The van der Waals surface area contributed by atoms with E-state index in [-0.39, 0.29) is 13.0 Å². The van der Waals surface area contributed by atoms with Crippen molar-refractivity contribution in [3.8, 4) is 0 Å². The summed E-state index contributed by atoms with van der Waals surface area (Å²) in [6.45, 7) is 0.727. The van der Waals surface area contributed by atoms with Crippen molar-refractivity contribution in [3.05, 3.63) is 35.9 Å². The van der Waals surface area contributed by atoms with E-state index in [1.54, 1.807) is 0 Å². The van der Waals surface area contributed by atoms with Crippen LogP contribution in [0.3, 0.4) is 0 Å². The minimum absolute atomic E-state index is 0.257. The zero-order valence-electron chi connectivity index (χ0n) is 9.98. The molecule has 1 saturated heterocycles. The number of rotatable bonds is 4. The lowest BCUT2D eigenvalue weighted by Gasteiger charge is -2.34. The Morgan fingerprint density at radius 2 is 1.89 bits per heavy atom. The van der Waals surface area contributed by atoms with Crippen LogP contribution in [-0.4, -0.2) is 46.5 Å². The predicted octanol–water partition coefficient (Wildman–Crippen LogP) is 0.0323. The van der Waals surface area contributed by atoms with Gasteiger partial charge in [-0.15, -0.1) is 0 Å². The predicted molar refractivity (Wildman–Crippen MR) is 63.6 cm³/mol. The monoisotopic (exact) mass is 254 g/mol. The summed E-state index contributed by atoms with van der Waals surface area (Å²) in [4.78, 5) is 0. The Kier molecular flexibility index (Phi) is 4.68. The Labute approximate surface area is 106 Å². The van der Waals surface area contributed by atoms with Crippen molar-refractivity contribution in [2.24, 2.45) is 0 Å². The number of hydrogen-bond acceptors (Lipinski definition) is 5. The van der Waals surface area contributed by atoms with Crippen LogP contribution in [0.15, 0.2) is 30.3 Å². The summed E-state index contributed by atoms with van der Waals surface area (Å²) in [6, 6.07) is 9.70. The van der Waals surface area contributed by atoms with Crippen LogP contribution in [0.2, 0.25) is 0 Å². The maximum atomic E-state index is 9.49. The molecule has 1 aliphatic heterocycles. The Morgan fingerprint density at radius 1 is 1.17 bits per heavy atom. The van der Waals surface area contributed by atoms with Gasteiger partial charge in [0.25, 0.3) is 0 Å². The molecular formula is C13H18O5. The minimum atomic E-state index is -1.35. The van der Waals surface area contributed by atoms with Gasteiger partial charge in [-0.1, -0.05) is 30.3 Å². The Bertz CT molecular complexity index is 344. The van der Waals surface area contributed by atoms with Crippen molar-refractivity contribution in [1.82, 2.24) is 0 Å². The quantitative estimate of drug-likeness (QED) is 0.706. The number of benzene rings is 1. The van der Waals surface area contributed by atoms with Gasteiger partial charge in [0.05, 0.1) is 25.4 Å². The maximum absolute atomic E-state index is 9.49. The maximum Gasteiger partial charge on any atom is 0.183 e. The van der Waals surface area contributed by atoms with Crippen LogP contribution in [0.5, 0.6) is 0 Å². The summed E-state index contributed by atoms with van der Waals surface area (Å²) in [5, 5.41) is 28.1. The molecule has 1 fully saturated rings. The highest BCUT2D eigenvalue weighted by Gasteiger charge is 2.35. The first-order valence-corrected chi connectivity index (χ1v) is 5.98. The summed E-state index contributed by atoms with van der Waals surface area (Å²) in [7, 11) is 0. The Hall–Kier alpha value is -0.980. The number of aliphatic hydroxyl groups excluding tert-OH is 3. The van der Waals surface area contributed by atoms with E-state index < -0.39 is 24.6 Å². The molecule has 100 valence electrons. The summed E-state index contributed by atoms with van der Waals surface area (Å²) < 4.78 is 10.6. The van der Waals surface area contributed by atoms with Gasteiger partial charge in [-0.05, 0) is 5.56 Å². The Morgan fingerprint density at radius 3 is 2.56 bits per heavy atom. The van der Waals surface area contributed by atoms with E-state index in [1.807, 2.05) is 30.3 Å². The zero-order valence-corrected chi connectivity index (χ0v) is 9.98. The third kappa shape index (κ3) is 3.51. The molecule has 5 nitrogen and oxygen atoms in total. The van der Waals surface area contributed by atoms with Crippen molar-refractivity contribution in [2.45, 2.75) is 37.6 Å². The lowest BCUT2D eigenvalue weighted by atomic mass is 10.0. The highest BCUT2D eigenvalue weighted by molar-refractivity contribution is 5.13. The molecule has 5 heteroatoms. The normalized spacial score (nSPS) is 32.4. The first-order chi connectivity index (χ1) is 8.66. The molecule has 18 heavy (non-hydrogen) atoms. The molecule has 0 aromatic heterocycles. The molecule has 0 unspecified atom stereocenters. The molecule has 1 aromatic rings. The number of hydrogen-bond donors (Lipinski definition) is 3. The van der Waals surface area contributed by atoms with Gasteiger partial charge in [0.15, 0.2) is 6.29 Å². The van der Waals surface area contributed by atoms with Gasteiger partial charge in [0, 0.05) is 6.42 Å². The fraction of sp³-hybridized carbons (Fsp3) is 0.538. The topological polar surface area (TPSA) is 79.2 Å². The van der Waals surface area contributed by atoms with E-state index in [0.717, 1.165) is 5.56 Å². The second kappa shape index (κ2) is 6.26. The molecule has 0 amide bonds. The highest BCUT2D eigenvalue weighted by atomic mass is 16.6. The smallest absolute Gasteiger partial charge is 0.183 e. The SMILES string of the molecule is O[C@H]1[C@H](O)O[C@@H](COCc2ccccc2)C[C@@H]1O. The second-order valence-corrected chi connectivity index (χ2v) is 4.44. The van der Waals surface area contributed by atoms with E-state index >= 15 is 0 Å². The molecule has 4 atom stereocenters. The molecule has 1 aromatic carbocycles. The summed E-state index contributed by atoms with van der Waals surface area (Å²) in [6.07, 6.45) is -3.71. The van der Waals surface area contributed by atoms with Crippen LogP contribution < -0.4 is 0 Å². The van der Waals surface area contributed by atoms with Crippen molar-refractivity contribution in [2.75, 3.05) is 6.61 Å². The van der Waals surface area contributed by atoms with Gasteiger partial charge in [-0.2, -0.15) is 0 Å². The molecule has 0 radical (unpaired) electrons. The van der Waals surface area contributed by atoms with Crippen LogP contribution in [-0.2, 0) is 16.1 Å². The molecule has 3 N–H and O–H groups in total. The summed E-state index contributed by atoms with van der Waals surface area (Å²) in [5.41, 5.74) is 1.05. The van der Waals surface area contributed by atoms with E-state index in [2.05, 4.69) is 0 Å². The van der Waals surface area contributed by atoms with Crippen LogP contribution in [0, 0.1) is 0 Å². The highest BCUT2D eigenvalue weighted by Crippen LogP contribution is 2.19. The van der Waals surface area contributed by atoms with Crippen molar-refractivity contribution in [1.29, 1.82) is 0 Å². The summed E-state index contributed by atoms with van der Waals surface area (Å²) >= 11 is 0. The van der Waals surface area contributed by atoms with Gasteiger partial charge in [0.1, 0.15) is 6.10 Å². The third-order valence-corrected chi connectivity index (χ3v) is 2.94. The molecule has 0 bridgehead atoms. The van der Waals surface area contributed by atoms with E-state index in [1.165, 1.54) is 0 Å². The third-order valence-electron chi connectivity index (χ3n) is 2.94. The first kappa shape index (κ1) is 13.5. The zero-order chi connectivity index (χ0) is 13.0. The van der Waals surface area contributed by atoms with Gasteiger partial charge in [-0.3, -0.25) is 0 Å². The number of ether oxygens (including phenoxy) is 2. The van der Waals surface area contributed by atoms with Gasteiger partial charge in [-0.25, -0.2) is 0 Å². The Balaban J connectivity index is 1.74. The van der Waals surface area contributed by atoms with Gasteiger partial charge >= 0.3 is 0 Å². The van der Waals surface area contributed by atoms with Crippen LogP contribution in [0.1, 0.15) is 12.0 Å². The van der Waals surface area contributed by atoms with E-state index in [0.29, 0.717) is 6.61 Å². The fourth-order valence-electron chi connectivity index (χ4n) is 1.92. The van der Waals surface area contributed by atoms with Crippen LogP contribution in [0.25, 0.3) is 0 Å². The number of aliphatic hydroxyl groups is 3. The van der Waals surface area contributed by atoms with Crippen molar-refractivity contribution >= 4 is 0 Å². The standard InChI is InChI=1S/C13H18O5/c14-11-6-10(18-13(16)12(11)15)8-17-7-9-4-2-1-3-5-9/h1-5,10-16H,6-8H2/t10-,11+,12-,13-/m1/s1. The molecule has 1 aliphatic rings. The van der Waals surface area contributed by atoms with Gasteiger partial charge in [0.2, 0.25) is 0 Å². The van der Waals surface area contributed by atoms with E-state index in [9.17, 15) is 15.3 Å². The lowest BCUT2D eigenvalue weighted by molar-refractivity contribution is -0.254. The fourth-order valence-corrected chi connectivity index (χ4v) is 1.92. The van der Waals surface area contributed by atoms with Crippen molar-refractivity contribution in [3.63, 3.8) is 0 Å². The van der Waals surface area contributed by atoms with Crippen molar-refractivity contribution < 1.29 is 24.8 Å². The van der Waals surface area contributed by atoms with Crippen LogP contribution >= 0.6 is 0 Å². The van der Waals surface area contributed by atoms with Crippen LogP contribution in [0.4, 0.5) is 0 Å². The molecule has 0 saturated carbocycles. The molecule has 1 heterocycles. The largest absolute Gasteiger partial charge is 0.390 e.